The zero-order valence-corrected chi connectivity index (χ0v) is 10.6. The molecule has 0 aliphatic carbocycles. The first-order valence-electron chi connectivity index (χ1n) is 6.42. The molecule has 2 aromatic rings. The zero-order valence-electron chi connectivity index (χ0n) is 10.6. The van der Waals surface area contributed by atoms with Gasteiger partial charge in [-0.15, -0.1) is 0 Å². The number of halogens is 1. The van der Waals surface area contributed by atoms with Gasteiger partial charge in [-0.2, -0.15) is 0 Å². The first-order valence-corrected chi connectivity index (χ1v) is 6.42. The van der Waals surface area contributed by atoms with E-state index in [2.05, 4.69) is 12.1 Å². The van der Waals surface area contributed by atoms with E-state index in [1.807, 2.05) is 12.1 Å². The van der Waals surface area contributed by atoms with E-state index in [0.29, 0.717) is 19.6 Å². The van der Waals surface area contributed by atoms with E-state index >= 15 is 0 Å². The molecule has 19 heavy (non-hydrogen) atoms. The Kier molecular flexibility index (Phi) is 3.32. The third kappa shape index (κ3) is 2.67. The second-order valence-corrected chi connectivity index (χ2v) is 4.96. The van der Waals surface area contributed by atoms with E-state index in [-0.39, 0.29) is 11.9 Å². The van der Waals surface area contributed by atoms with Crippen LogP contribution in [0.15, 0.2) is 42.5 Å². The predicted molar refractivity (Wildman–Crippen MR) is 72.0 cm³/mol. The maximum Gasteiger partial charge on any atom is 0.123 e. The number of fused-ring (bicyclic) bond motifs is 1. The van der Waals surface area contributed by atoms with Crippen LogP contribution in [0, 0.1) is 5.82 Å². The van der Waals surface area contributed by atoms with Crippen LogP contribution in [0.5, 0.6) is 0 Å². The van der Waals surface area contributed by atoms with Crippen LogP contribution < -0.4 is 5.73 Å². The number of rotatable bonds is 3. The van der Waals surface area contributed by atoms with Gasteiger partial charge in [-0.3, -0.25) is 0 Å². The van der Waals surface area contributed by atoms with Crippen molar-refractivity contribution in [3.8, 4) is 0 Å². The lowest BCUT2D eigenvalue weighted by Gasteiger charge is -2.13. The van der Waals surface area contributed by atoms with Gasteiger partial charge in [0.05, 0.1) is 13.2 Å². The SMILES string of the molecule is NC(Cc1cccc(F)c1)c1ccc2c(c1)COC2. The number of hydrogen-bond donors (Lipinski definition) is 1. The molecule has 0 saturated heterocycles. The Morgan fingerprint density at radius 3 is 2.79 bits per heavy atom. The highest BCUT2D eigenvalue weighted by atomic mass is 19.1. The lowest BCUT2D eigenvalue weighted by molar-refractivity contribution is 0.134. The molecule has 0 amide bonds. The quantitative estimate of drug-likeness (QED) is 0.917. The summed E-state index contributed by atoms with van der Waals surface area (Å²) >= 11 is 0. The molecule has 1 atom stereocenters. The summed E-state index contributed by atoms with van der Waals surface area (Å²) < 4.78 is 18.5. The summed E-state index contributed by atoms with van der Waals surface area (Å²) in [5.41, 5.74) is 10.7. The first kappa shape index (κ1) is 12.3. The Morgan fingerprint density at radius 2 is 1.95 bits per heavy atom. The highest BCUT2D eigenvalue weighted by Crippen LogP contribution is 2.24. The number of ether oxygens (including phenoxy) is 1. The number of hydrogen-bond acceptors (Lipinski definition) is 2. The van der Waals surface area contributed by atoms with Crippen molar-refractivity contribution in [2.75, 3.05) is 0 Å². The molecule has 1 aliphatic heterocycles. The molecule has 3 rings (SSSR count). The molecule has 0 aromatic heterocycles. The summed E-state index contributed by atoms with van der Waals surface area (Å²) in [5.74, 6) is -0.216. The van der Waals surface area contributed by atoms with Crippen molar-refractivity contribution in [2.24, 2.45) is 5.73 Å². The number of nitrogens with two attached hydrogens (primary N) is 1. The standard InChI is InChI=1S/C16H16FNO/c17-15-3-1-2-11(6-15)7-16(18)12-4-5-13-9-19-10-14(13)8-12/h1-6,8,16H,7,9-10,18H2. The lowest BCUT2D eigenvalue weighted by Crippen LogP contribution is -2.13. The molecule has 1 heterocycles. The average molecular weight is 257 g/mol. The van der Waals surface area contributed by atoms with Gasteiger partial charge >= 0.3 is 0 Å². The summed E-state index contributed by atoms with van der Waals surface area (Å²) in [4.78, 5) is 0. The summed E-state index contributed by atoms with van der Waals surface area (Å²) in [6.45, 7) is 1.35. The van der Waals surface area contributed by atoms with E-state index in [4.69, 9.17) is 10.5 Å². The average Bonchev–Trinajstić information content (AvgIpc) is 2.85. The fourth-order valence-electron chi connectivity index (χ4n) is 2.46. The van der Waals surface area contributed by atoms with Crippen molar-refractivity contribution in [3.05, 3.63) is 70.5 Å². The van der Waals surface area contributed by atoms with Crippen LogP contribution in [-0.2, 0) is 24.4 Å². The van der Waals surface area contributed by atoms with Crippen LogP contribution in [0.25, 0.3) is 0 Å². The molecule has 3 heteroatoms. The zero-order chi connectivity index (χ0) is 13.2. The van der Waals surface area contributed by atoms with Gasteiger partial charge in [-0.25, -0.2) is 4.39 Å². The van der Waals surface area contributed by atoms with Crippen molar-refractivity contribution in [3.63, 3.8) is 0 Å². The molecule has 0 radical (unpaired) electrons. The van der Waals surface area contributed by atoms with Crippen LogP contribution in [0.3, 0.4) is 0 Å². The third-order valence-corrected chi connectivity index (χ3v) is 3.52. The van der Waals surface area contributed by atoms with E-state index < -0.39 is 0 Å². The fraction of sp³-hybridized carbons (Fsp3) is 0.250. The van der Waals surface area contributed by atoms with Crippen molar-refractivity contribution in [1.29, 1.82) is 0 Å². The Morgan fingerprint density at radius 1 is 1.11 bits per heavy atom. The summed E-state index contributed by atoms with van der Waals surface area (Å²) in [7, 11) is 0. The molecule has 1 aliphatic rings. The van der Waals surface area contributed by atoms with Gasteiger partial charge in [0, 0.05) is 6.04 Å². The summed E-state index contributed by atoms with van der Waals surface area (Å²) in [5, 5.41) is 0. The van der Waals surface area contributed by atoms with Crippen molar-refractivity contribution in [2.45, 2.75) is 25.7 Å². The van der Waals surface area contributed by atoms with Crippen molar-refractivity contribution in [1.82, 2.24) is 0 Å². The highest BCUT2D eigenvalue weighted by Gasteiger charge is 2.14. The third-order valence-electron chi connectivity index (χ3n) is 3.52. The van der Waals surface area contributed by atoms with E-state index in [9.17, 15) is 4.39 Å². The first-order chi connectivity index (χ1) is 9.22. The smallest absolute Gasteiger partial charge is 0.123 e. The molecule has 0 saturated carbocycles. The second kappa shape index (κ2) is 5.11. The minimum Gasteiger partial charge on any atom is -0.372 e. The van der Waals surface area contributed by atoms with Crippen LogP contribution in [0.2, 0.25) is 0 Å². The van der Waals surface area contributed by atoms with Gasteiger partial charge in [0.1, 0.15) is 5.82 Å². The van der Waals surface area contributed by atoms with Crippen molar-refractivity contribution < 1.29 is 9.13 Å². The van der Waals surface area contributed by atoms with E-state index in [1.54, 1.807) is 6.07 Å². The minimum atomic E-state index is -0.216. The summed E-state index contributed by atoms with van der Waals surface area (Å²) in [6, 6.07) is 12.7. The Labute approximate surface area is 112 Å². The molecule has 2 nitrogen and oxygen atoms in total. The van der Waals surface area contributed by atoms with Gasteiger partial charge < -0.3 is 10.5 Å². The molecular formula is C16H16FNO. The molecule has 98 valence electrons. The monoisotopic (exact) mass is 257 g/mol. The minimum absolute atomic E-state index is 0.118. The topological polar surface area (TPSA) is 35.2 Å². The highest BCUT2D eigenvalue weighted by molar-refractivity contribution is 5.35. The van der Waals surface area contributed by atoms with Crippen molar-refractivity contribution >= 4 is 0 Å². The van der Waals surface area contributed by atoms with E-state index in [1.165, 1.54) is 23.3 Å². The molecule has 1 unspecified atom stereocenters. The van der Waals surface area contributed by atoms with Gasteiger partial charge in [-0.1, -0.05) is 30.3 Å². The van der Waals surface area contributed by atoms with Gasteiger partial charge in [-0.05, 0) is 40.8 Å². The number of benzene rings is 2. The molecule has 0 spiro atoms. The van der Waals surface area contributed by atoms with Crippen LogP contribution >= 0.6 is 0 Å². The van der Waals surface area contributed by atoms with Crippen LogP contribution in [-0.4, -0.2) is 0 Å². The lowest BCUT2D eigenvalue weighted by atomic mass is 9.97. The molecular weight excluding hydrogens is 241 g/mol. The Hall–Kier alpha value is -1.71. The molecule has 2 N–H and O–H groups in total. The largest absolute Gasteiger partial charge is 0.372 e. The van der Waals surface area contributed by atoms with Crippen LogP contribution in [0.4, 0.5) is 4.39 Å². The predicted octanol–water partition coefficient (Wildman–Crippen LogP) is 3.10. The molecule has 0 fully saturated rings. The Bertz CT molecular complexity index is 597. The fourth-order valence-corrected chi connectivity index (χ4v) is 2.46. The molecule has 0 bridgehead atoms. The maximum absolute atomic E-state index is 13.1. The van der Waals surface area contributed by atoms with Gasteiger partial charge in [0.2, 0.25) is 0 Å². The van der Waals surface area contributed by atoms with E-state index in [0.717, 1.165) is 11.1 Å². The van der Waals surface area contributed by atoms with Gasteiger partial charge in [0.15, 0.2) is 0 Å². The normalized spacial score (nSPS) is 15.3. The van der Waals surface area contributed by atoms with Crippen LogP contribution in [0.1, 0.15) is 28.3 Å². The van der Waals surface area contributed by atoms with Gasteiger partial charge in [0.25, 0.3) is 0 Å². The molecule has 2 aromatic carbocycles. The second-order valence-electron chi connectivity index (χ2n) is 4.96. The summed E-state index contributed by atoms with van der Waals surface area (Å²) in [6.07, 6.45) is 0.636. The Balaban J connectivity index is 1.78. The maximum atomic E-state index is 13.1.